The monoisotopic (exact) mass is 537 g/mol. The molecule has 0 spiro atoms. The first-order valence-electron chi connectivity index (χ1n) is 12.9. The maximum atomic E-state index is 13.7. The molecule has 1 aliphatic rings. The number of sulfonamides is 1. The van der Waals surface area contributed by atoms with Crippen LogP contribution in [0.4, 0.5) is 0 Å². The van der Waals surface area contributed by atoms with Crippen LogP contribution in [0.2, 0.25) is 0 Å². The number of rotatable bonds is 13. The van der Waals surface area contributed by atoms with Gasteiger partial charge in [-0.3, -0.25) is 14.6 Å². The third kappa shape index (κ3) is 7.52. The summed E-state index contributed by atoms with van der Waals surface area (Å²) in [5.74, 6) is -0.977. The van der Waals surface area contributed by atoms with Gasteiger partial charge in [-0.15, -0.1) is 0 Å². The van der Waals surface area contributed by atoms with Gasteiger partial charge >= 0.3 is 0 Å². The van der Waals surface area contributed by atoms with Crippen LogP contribution in [0.1, 0.15) is 81.5 Å². The summed E-state index contributed by atoms with van der Waals surface area (Å²) in [5, 5.41) is 0. The number of nitrogens with two attached hydrogens (primary N) is 3. The topological polar surface area (TPSA) is 180 Å². The minimum absolute atomic E-state index is 0.0664. The maximum absolute atomic E-state index is 13.7. The van der Waals surface area contributed by atoms with E-state index in [1.807, 2.05) is 27.7 Å². The third-order valence-electron chi connectivity index (χ3n) is 6.94. The van der Waals surface area contributed by atoms with Gasteiger partial charge in [-0.1, -0.05) is 19.8 Å². The van der Waals surface area contributed by atoms with E-state index in [1.165, 1.54) is 0 Å². The molecule has 0 amide bonds. The number of nitrogens with one attached hydrogen (secondary N) is 1. The number of nitrogens with zero attached hydrogens (tertiary/aromatic N) is 1. The predicted octanol–water partition coefficient (Wildman–Crippen LogP) is 2.07. The highest BCUT2D eigenvalue weighted by Crippen LogP contribution is 2.42. The van der Waals surface area contributed by atoms with Gasteiger partial charge in [0.15, 0.2) is 5.96 Å². The van der Waals surface area contributed by atoms with Crippen molar-refractivity contribution in [2.24, 2.45) is 22.2 Å². The molecule has 0 saturated heterocycles. The number of fused-ring (bicyclic) bond motifs is 1. The fourth-order valence-corrected chi connectivity index (χ4v) is 6.45. The summed E-state index contributed by atoms with van der Waals surface area (Å²) in [5.41, 5.74) is 19.0. The van der Waals surface area contributed by atoms with E-state index in [1.54, 1.807) is 13.8 Å². The van der Waals surface area contributed by atoms with Crippen molar-refractivity contribution in [1.29, 1.82) is 0 Å². The molecular weight excluding hydrogens is 494 g/mol. The lowest BCUT2D eigenvalue weighted by Crippen LogP contribution is -2.48. The van der Waals surface area contributed by atoms with E-state index >= 15 is 0 Å². The Morgan fingerprint density at radius 3 is 2.30 bits per heavy atom. The van der Waals surface area contributed by atoms with Crippen LogP contribution in [-0.4, -0.2) is 50.2 Å². The Kier molecular flexibility index (Phi) is 10.3. The number of unbranched alkanes of at least 4 members (excludes halogenated alkanes) is 1. The van der Waals surface area contributed by atoms with Crippen LogP contribution < -0.4 is 26.7 Å². The first kappa shape index (κ1) is 30.7. The van der Waals surface area contributed by atoms with Crippen molar-refractivity contribution in [3.05, 3.63) is 22.3 Å². The molecule has 1 aromatic carbocycles. The predicted molar refractivity (Wildman–Crippen MR) is 145 cm³/mol. The number of carbonyl (C=O) groups is 2. The number of benzene rings is 1. The van der Waals surface area contributed by atoms with Gasteiger partial charge in [-0.2, -0.15) is 0 Å². The van der Waals surface area contributed by atoms with Crippen LogP contribution in [0.3, 0.4) is 0 Å². The number of aliphatic imine (C=N–C) groups is 1. The maximum Gasteiger partial charge on any atom is 0.241 e. The Hall–Kier alpha value is -2.50. The lowest BCUT2D eigenvalue weighted by Gasteiger charge is -2.35. The summed E-state index contributed by atoms with van der Waals surface area (Å²) in [6, 6.07) is -2.27. The van der Waals surface area contributed by atoms with Crippen LogP contribution in [0, 0.1) is 20.8 Å². The zero-order valence-corrected chi connectivity index (χ0v) is 23.8. The summed E-state index contributed by atoms with van der Waals surface area (Å²) >= 11 is 0. The average molecular weight is 538 g/mol. The summed E-state index contributed by atoms with van der Waals surface area (Å²) in [4.78, 5) is 29.9. The van der Waals surface area contributed by atoms with Crippen LogP contribution in [0.5, 0.6) is 5.75 Å². The first-order chi connectivity index (χ1) is 17.1. The fraction of sp³-hybridized carbons (Fsp3) is 0.654. The molecule has 0 saturated carbocycles. The van der Waals surface area contributed by atoms with E-state index in [9.17, 15) is 18.0 Å². The highest BCUT2D eigenvalue weighted by Gasteiger charge is 2.36. The Balaban J connectivity index is 2.34. The molecule has 208 valence electrons. The molecule has 7 N–H and O–H groups in total. The first-order valence-corrected chi connectivity index (χ1v) is 14.3. The summed E-state index contributed by atoms with van der Waals surface area (Å²) in [7, 11) is -4.14. The van der Waals surface area contributed by atoms with Gasteiger partial charge < -0.3 is 21.9 Å². The average Bonchev–Trinajstić information content (AvgIpc) is 2.81. The summed E-state index contributed by atoms with van der Waals surface area (Å²) < 4.78 is 36.2. The Morgan fingerprint density at radius 1 is 1.05 bits per heavy atom. The zero-order chi connectivity index (χ0) is 28.1. The standard InChI is InChI=1S/C26H43N5O5S/c1-7-8-11-20(22(33)21(32)19(27)10-9-14-30-25(28)29)31-37(34,35)24-16(3)15(2)23-18(17(24)4)12-13-26(5,6)36-23/h19-20,31H,7-14,27H2,1-6H3,(H4,28,29,30)/t19-,20-/m0/s1. The number of hydrogen-bond donors (Lipinski definition) is 4. The Morgan fingerprint density at radius 2 is 1.70 bits per heavy atom. The van der Waals surface area contributed by atoms with E-state index in [2.05, 4.69) is 9.71 Å². The second-order valence-corrected chi connectivity index (χ2v) is 12.1. The van der Waals surface area contributed by atoms with Crippen LogP contribution in [0.15, 0.2) is 9.89 Å². The van der Waals surface area contributed by atoms with Gasteiger partial charge in [0.2, 0.25) is 21.6 Å². The molecular formula is C26H43N5O5S. The van der Waals surface area contributed by atoms with Crippen molar-refractivity contribution in [1.82, 2.24) is 4.72 Å². The van der Waals surface area contributed by atoms with Crippen LogP contribution >= 0.6 is 0 Å². The number of ketones is 2. The van der Waals surface area contributed by atoms with Gasteiger partial charge in [0.05, 0.1) is 17.0 Å². The van der Waals surface area contributed by atoms with Gasteiger partial charge in [0.1, 0.15) is 11.4 Å². The second-order valence-electron chi connectivity index (χ2n) is 10.5. The highest BCUT2D eigenvalue weighted by molar-refractivity contribution is 7.89. The van der Waals surface area contributed by atoms with Crippen molar-refractivity contribution in [3.8, 4) is 5.75 Å². The highest BCUT2D eigenvalue weighted by atomic mass is 32.2. The smallest absolute Gasteiger partial charge is 0.241 e. The van der Waals surface area contributed by atoms with Crippen LogP contribution in [0.25, 0.3) is 0 Å². The van der Waals surface area contributed by atoms with Crippen molar-refractivity contribution in [3.63, 3.8) is 0 Å². The van der Waals surface area contributed by atoms with Crippen molar-refractivity contribution >= 4 is 27.5 Å². The molecule has 2 rings (SSSR count). The molecule has 2 atom stereocenters. The number of hydrogen-bond acceptors (Lipinski definition) is 7. The van der Waals surface area contributed by atoms with Gasteiger partial charge in [0, 0.05) is 6.54 Å². The molecule has 10 nitrogen and oxygen atoms in total. The number of ether oxygens (including phenoxy) is 1. The second kappa shape index (κ2) is 12.4. The van der Waals surface area contributed by atoms with E-state index in [0.717, 1.165) is 29.7 Å². The molecule has 1 heterocycles. The fourth-order valence-electron chi connectivity index (χ4n) is 4.65. The molecule has 0 aliphatic carbocycles. The van der Waals surface area contributed by atoms with Gasteiger partial charge in [-0.25, -0.2) is 13.1 Å². The molecule has 1 aromatic rings. The van der Waals surface area contributed by atoms with E-state index in [0.29, 0.717) is 30.4 Å². The minimum Gasteiger partial charge on any atom is -0.487 e. The summed E-state index contributed by atoms with van der Waals surface area (Å²) in [6.45, 7) is 11.6. The molecule has 11 heteroatoms. The lowest BCUT2D eigenvalue weighted by atomic mass is 9.88. The number of Topliss-reactive ketones (excluding diaryl/α,β-unsaturated/α-hetero) is 2. The van der Waals surface area contributed by atoms with Crippen molar-refractivity contribution < 1.29 is 22.7 Å². The number of guanidine groups is 1. The molecule has 37 heavy (non-hydrogen) atoms. The molecule has 0 fully saturated rings. The quantitative estimate of drug-likeness (QED) is 0.128. The Labute approximate surface area is 220 Å². The van der Waals surface area contributed by atoms with E-state index in [-0.39, 0.29) is 35.8 Å². The molecule has 1 aliphatic heterocycles. The molecule has 0 bridgehead atoms. The lowest BCUT2D eigenvalue weighted by molar-refractivity contribution is -0.138. The van der Waals surface area contributed by atoms with Crippen LogP contribution in [-0.2, 0) is 26.0 Å². The third-order valence-corrected chi connectivity index (χ3v) is 8.69. The normalized spacial score (nSPS) is 16.3. The van der Waals surface area contributed by atoms with Gasteiger partial charge in [-0.05, 0) is 89.0 Å². The summed E-state index contributed by atoms with van der Waals surface area (Å²) in [6.07, 6.45) is 3.54. The minimum atomic E-state index is -4.14. The van der Waals surface area contributed by atoms with Gasteiger partial charge in [0.25, 0.3) is 0 Å². The molecule has 0 radical (unpaired) electrons. The zero-order valence-electron chi connectivity index (χ0n) is 22.9. The van der Waals surface area contributed by atoms with Crippen molar-refractivity contribution in [2.75, 3.05) is 6.54 Å². The van der Waals surface area contributed by atoms with E-state index < -0.39 is 33.7 Å². The SMILES string of the molecule is CCCC[C@H](NS(=O)(=O)c1c(C)c(C)c2c(c1C)CCC(C)(C)O2)C(=O)C(=O)[C@@H](N)CCCN=C(N)N. The van der Waals surface area contributed by atoms with E-state index in [4.69, 9.17) is 21.9 Å². The van der Waals surface area contributed by atoms with Crippen molar-refractivity contribution in [2.45, 2.75) is 109 Å². The molecule has 0 unspecified atom stereocenters. The largest absolute Gasteiger partial charge is 0.487 e. The Bertz CT molecular complexity index is 1160. The number of carbonyl (C=O) groups excluding carboxylic acids is 2. The molecule has 0 aromatic heterocycles.